The molecule has 1 heterocycles. The molecule has 0 spiro atoms. The number of nitrogens with two attached hydrogens (primary N) is 1. The van der Waals surface area contributed by atoms with E-state index in [2.05, 4.69) is 4.98 Å². The monoisotopic (exact) mass is 391 g/mol. The van der Waals surface area contributed by atoms with Crippen LogP contribution in [0.4, 0.5) is 28.9 Å². The van der Waals surface area contributed by atoms with Gasteiger partial charge in [0, 0.05) is 5.56 Å². The largest absolute Gasteiger partial charge is 0.516 e. The van der Waals surface area contributed by atoms with Gasteiger partial charge in [0.2, 0.25) is 0 Å². The van der Waals surface area contributed by atoms with Crippen molar-refractivity contribution in [2.24, 2.45) is 0 Å². The van der Waals surface area contributed by atoms with Crippen molar-refractivity contribution in [1.82, 2.24) is 4.98 Å². The number of fused-ring (bicyclic) bond motifs is 1. The fourth-order valence-electron chi connectivity index (χ4n) is 2.03. The Kier molecular flexibility index (Phi) is 4.07. The number of para-hydroxylation sites is 1. The van der Waals surface area contributed by atoms with Crippen molar-refractivity contribution in [3.63, 3.8) is 0 Å². The number of nitrogens with zero attached hydrogens (tertiary/aromatic N) is 1. The fraction of sp³-hybridized carbons (Fsp3) is 0.0714. The van der Waals surface area contributed by atoms with Crippen molar-refractivity contribution in [1.29, 1.82) is 0 Å². The van der Waals surface area contributed by atoms with Crippen LogP contribution in [-0.4, -0.2) is 18.9 Å². The zero-order valence-corrected chi connectivity index (χ0v) is 13.8. The molecule has 132 valence electrons. The van der Waals surface area contributed by atoms with Crippen LogP contribution in [0.3, 0.4) is 0 Å². The first-order chi connectivity index (χ1) is 11.6. The molecule has 25 heavy (non-hydrogen) atoms. The molecule has 3 aromatic rings. The quantitative estimate of drug-likeness (QED) is 0.523. The van der Waals surface area contributed by atoms with E-state index in [4.69, 9.17) is 5.73 Å². The molecule has 0 aliphatic carbocycles. The number of halogens is 4. The summed E-state index contributed by atoms with van der Waals surface area (Å²) in [5, 5.41) is 0.186. The molecule has 0 atom stereocenters. The van der Waals surface area contributed by atoms with Gasteiger partial charge in [0.05, 0.1) is 21.6 Å². The van der Waals surface area contributed by atoms with Gasteiger partial charge >= 0.3 is 15.5 Å². The van der Waals surface area contributed by atoms with Crippen molar-refractivity contribution in [2.45, 2.75) is 5.51 Å². The van der Waals surface area contributed by atoms with Crippen molar-refractivity contribution < 1.29 is 26.0 Å². The summed E-state index contributed by atoms with van der Waals surface area (Å²) in [6.07, 6.45) is 0. The second-order valence-electron chi connectivity index (χ2n) is 4.96. The minimum absolute atomic E-state index is 0.157. The second kappa shape index (κ2) is 5.85. The van der Waals surface area contributed by atoms with Gasteiger partial charge < -0.3 is 5.73 Å². The molecule has 3 rings (SSSR count). The Morgan fingerprint density at radius 3 is 2.48 bits per heavy atom. The van der Waals surface area contributed by atoms with E-state index in [1.54, 1.807) is 24.3 Å². The van der Waals surface area contributed by atoms with Gasteiger partial charge in [0.25, 0.3) is 0 Å². The van der Waals surface area contributed by atoms with E-state index in [0.29, 0.717) is 5.52 Å². The molecule has 0 amide bonds. The Morgan fingerprint density at radius 2 is 1.84 bits per heavy atom. The normalized spacial score (nSPS) is 12.5. The van der Waals surface area contributed by atoms with Crippen molar-refractivity contribution >= 4 is 43.0 Å². The molecule has 11 heteroatoms. The van der Waals surface area contributed by atoms with Crippen LogP contribution in [0.5, 0.6) is 0 Å². The molecular weight excluding hydrogens is 382 g/mol. The highest BCUT2D eigenvalue weighted by atomic mass is 32.2. The molecule has 0 aliphatic heterocycles. The number of rotatable bonds is 3. The Balaban J connectivity index is 2.10. The predicted molar refractivity (Wildman–Crippen MR) is 88.0 cm³/mol. The Hall–Kier alpha value is -2.40. The molecule has 2 aromatic carbocycles. The molecule has 0 unspecified atom stereocenters. The van der Waals surface area contributed by atoms with Gasteiger partial charge in [-0.05, 0) is 24.3 Å². The van der Waals surface area contributed by atoms with Crippen LogP contribution in [0.2, 0.25) is 0 Å². The highest BCUT2D eigenvalue weighted by Crippen LogP contribution is 2.36. The molecule has 3 N–H and O–H groups in total. The van der Waals surface area contributed by atoms with Gasteiger partial charge in [-0.25, -0.2) is 9.37 Å². The molecule has 0 aliphatic rings. The number of anilines is 2. The maximum Gasteiger partial charge on any atom is 0.516 e. The molecule has 0 saturated heterocycles. The topological polar surface area (TPSA) is 85.1 Å². The lowest BCUT2D eigenvalue weighted by molar-refractivity contribution is -0.0429. The standard InChI is InChI=1S/C14H9F4N3O2S2/c15-8-6-9(19)11(21-25(22,23)14(16,17)18)5-7(8)13-20-10-3-1-2-4-12(10)24-13/h1-6,21H,19H2. The number of hydrogen-bond donors (Lipinski definition) is 2. The van der Waals surface area contributed by atoms with Crippen LogP contribution < -0.4 is 10.5 Å². The van der Waals surface area contributed by atoms with Crippen LogP contribution >= 0.6 is 11.3 Å². The summed E-state index contributed by atoms with van der Waals surface area (Å²) in [6.45, 7) is 0. The van der Waals surface area contributed by atoms with Gasteiger partial charge in [-0.3, -0.25) is 4.72 Å². The third-order valence-corrected chi connectivity index (χ3v) is 5.38. The molecule has 0 saturated carbocycles. The van der Waals surface area contributed by atoms with Crippen LogP contribution in [0.25, 0.3) is 20.8 Å². The zero-order valence-electron chi connectivity index (χ0n) is 12.1. The summed E-state index contributed by atoms with van der Waals surface area (Å²) in [5.74, 6) is -0.827. The molecule has 0 radical (unpaired) electrons. The molecule has 1 aromatic heterocycles. The van der Waals surface area contributed by atoms with Crippen LogP contribution in [0.1, 0.15) is 0 Å². The summed E-state index contributed by atoms with van der Waals surface area (Å²) in [4.78, 5) is 4.20. The number of nitrogens with one attached hydrogen (secondary N) is 1. The summed E-state index contributed by atoms with van der Waals surface area (Å²) in [7, 11) is -5.68. The predicted octanol–water partition coefficient (Wildman–Crippen LogP) is 3.95. The van der Waals surface area contributed by atoms with E-state index in [1.165, 1.54) is 4.72 Å². The van der Waals surface area contributed by atoms with E-state index in [0.717, 1.165) is 28.2 Å². The smallest absolute Gasteiger partial charge is 0.397 e. The van der Waals surface area contributed by atoms with Crippen molar-refractivity contribution in [3.8, 4) is 10.6 Å². The van der Waals surface area contributed by atoms with Crippen molar-refractivity contribution in [3.05, 3.63) is 42.2 Å². The van der Waals surface area contributed by atoms with Gasteiger partial charge in [-0.2, -0.15) is 21.6 Å². The maximum absolute atomic E-state index is 14.2. The zero-order chi connectivity index (χ0) is 18.4. The first-order valence-corrected chi connectivity index (χ1v) is 8.92. The van der Waals surface area contributed by atoms with E-state index in [1.807, 2.05) is 0 Å². The lowest BCUT2D eigenvalue weighted by atomic mass is 10.1. The highest BCUT2D eigenvalue weighted by molar-refractivity contribution is 7.93. The first kappa shape index (κ1) is 17.4. The minimum atomic E-state index is -5.68. The van der Waals surface area contributed by atoms with Crippen LogP contribution in [0.15, 0.2) is 36.4 Å². The summed E-state index contributed by atoms with van der Waals surface area (Å²) in [6, 6.07) is 8.57. The molecule has 0 fully saturated rings. The third kappa shape index (κ3) is 3.24. The highest BCUT2D eigenvalue weighted by Gasteiger charge is 2.46. The lowest BCUT2D eigenvalue weighted by Crippen LogP contribution is -2.30. The van der Waals surface area contributed by atoms with E-state index >= 15 is 0 Å². The number of nitrogen functional groups attached to an aromatic ring is 1. The number of alkyl halides is 3. The number of sulfonamides is 1. The molecule has 0 bridgehead atoms. The maximum atomic E-state index is 14.2. The average molecular weight is 391 g/mol. The van der Waals surface area contributed by atoms with Gasteiger partial charge in [-0.1, -0.05) is 12.1 Å². The van der Waals surface area contributed by atoms with Crippen molar-refractivity contribution in [2.75, 3.05) is 10.5 Å². The van der Waals surface area contributed by atoms with Crippen LogP contribution in [0, 0.1) is 5.82 Å². The van der Waals surface area contributed by atoms with E-state index in [-0.39, 0.29) is 10.6 Å². The summed E-state index contributed by atoms with van der Waals surface area (Å²) in [5.41, 5.74) is -0.711. The third-order valence-electron chi connectivity index (χ3n) is 3.21. The average Bonchev–Trinajstić information content (AvgIpc) is 2.92. The van der Waals surface area contributed by atoms with Crippen LogP contribution in [-0.2, 0) is 10.0 Å². The van der Waals surface area contributed by atoms with Gasteiger partial charge in [0.1, 0.15) is 10.8 Å². The number of thiazole rings is 1. The van der Waals surface area contributed by atoms with E-state index in [9.17, 15) is 26.0 Å². The van der Waals surface area contributed by atoms with Gasteiger partial charge in [0.15, 0.2) is 0 Å². The second-order valence-corrected chi connectivity index (χ2v) is 7.66. The fourth-order valence-corrected chi connectivity index (χ4v) is 3.60. The summed E-state index contributed by atoms with van der Waals surface area (Å²) < 4.78 is 76.3. The Bertz CT molecular complexity index is 1030. The molecule has 5 nitrogen and oxygen atoms in total. The first-order valence-electron chi connectivity index (χ1n) is 6.62. The van der Waals surface area contributed by atoms with E-state index < -0.39 is 32.7 Å². The number of hydrogen-bond acceptors (Lipinski definition) is 5. The lowest BCUT2D eigenvalue weighted by Gasteiger charge is -2.13. The number of aromatic nitrogens is 1. The summed E-state index contributed by atoms with van der Waals surface area (Å²) >= 11 is 1.11. The minimum Gasteiger partial charge on any atom is -0.397 e. The molecular formula is C14H9F4N3O2S2. The SMILES string of the molecule is Nc1cc(F)c(-c2nc3ccccc3s2)cc1NS(=O)(=O)C(F)(F)F. The van der Waals surface area contributed by atoms with Gasteiger partial charge in [-0.15, -0.1) is 11.3 Å². The Labute approximate surface area is 143 Å². The number of benzene rings is 2. The Morgan fingerprint density at radius 1 is 1.16 bits per heavy atom.